The Bertz CT molecular complexity index is 416. The highest BCUT2D eigenvalue weighted by molar-refractivity contribution is 14.1. The van der Waals surface area contributed by atoms with Gasteiger partial charge in [-0.3, -0.25) is 14.1 Å². The van der Waals surface area contributed by atoms with E-state index in [1.165, 1.54) is 11.8 Å². The van der Waals surface area contributed by atoms with E-state index in [0.29, 0.717) is 35.2 Å². The van der Waals surface area contributed by atoms with Crippen molar-refractivity contribution in [1.29, 1.82) is 0 Å². The summed E-state index contributed by atoms with van der Waals surface area (Å²) in [7, 11) is -0.464. The van der Waals surface area contributed by atoms with Crippen LogP contribution in [0.15, 0.2) is 0 Å². The normalized spacial score (nSPS) is 13.4. The van der Waals surface area contributed by atoms with Gasteiger partial charge in [-0.2, -0.15) is 0 Å². The first-order chi connectivity index (χ1) is 12.8. The van der Waals surface area contributed by atoms with E-state index in [1.807, 2.05) is 11.4 Å². The zero-order chi connectivity index (χ0) is 22.1. The SMILES string of the molecule is CC(C)N(C(C)C)P(SCCOCC(C)(C)SC(=O)CI)N(C(C)C)C(C)C. The highest BCUT2D eigenvalue weighted by Gasteiger charge is 2.33. The molecule has 0 rings (SSSR count). The molecule has 0 spiro atoms. The Morgan fingerprint density at radius 1 is 0.964 bits per heavy atom. The van der Waals surface area contributed by atoms with Crippen LogP contribution in [-0.4, -0.2) is 66.8 Å². The number of rotatable bonds is 14. The van der Waals surface area contributed by atoms with Crippen LogP contribution < -0.4 is 0 Å². The number of halogens is 1. The molecule has 0 aliphatic heterocycles. The average Bonchev–Trinajstić information content (AvgIpc) is 2.52. The molecule has 168 valence electrons. The lowest BCUT2D eigenvalue weighted by Gasteiger charge is -2.46. The number of carbonyl (C=O) groups is 1. The summed E-state index contributed by atoms with van der Waals surface area (Å²) >= 11 is 5.56. The second-order valence-corrected chi connectivity index (χ2v) is 15.0. The van der Waals surface area contributed by atoms with Crippen molar-refractivity contribution in [2.24, 2.45) is 0 Å². The standard InChI is InChI=1S/C20H42IN2O2PS2/c1-15(2)22(16(3)4)26(23(17(5)6)18(7)8)27-12-11-25-14-20(9,10)28-19(24)13-21/h15-18H,11-14H2,1-10H3. The largest absolute Gasteiger partial charge is 0.379 e. The molecule has 0 unspecified atom stereocenters. The third-order valence-electron chi connectivity index (χ3n) is 3.89. The molecule has 0 aliphatic carbocycles. The molecule has 0 atom stereocenters. The summed E-state index contributed by atoms with van der Waals surface area (Å²) in [5, 5.41) is 0.223. The van der Waals surface area contributed by atoms with E-state index in [4.69, 9.17) is 4.74 Å². The van der Waals surface area contributed by atoms with Crippen molar-refractivity contribution in [2.45, 2.75) is 98.2 Å². The summed E-state index contributed by atoms with van der Waals surface area (Å²) in [6.07, 6.45) is 0. The van der Waals surface area contributed by atoms with Gasteiger partial charge < -0.3 is 4.74 Å². The van der Waals surface area contributed by atoms with Crippen molar-refractivity contribution in [3.63, 3.8) is 0 Å². The van der Waals surface area contributed by atoms with Crippen LogP contribution in [0.3, 0.4) is 0 Å². The summed E-state index contributed by atoms with van der Waals surface area (Å²) in [6.45, 7) is 23.9. The first-order valence-corrected chi connectivity index (χ1v) is 15.4. The Morgan fingerprint density at radius 2 is 1.39 bits per heavy atom. The molecule has 0 saturated carbocycles. The molecule has 28 heavy (non-hydrogen) atoms. The van der Waals surface area contributed by atoms with Crippen molar-refractivity contribution in [1.82, 2.24) is 9.34 Å². The van der Waals surface area contributed by atoms with Crippen molar-refractivity contribution in [3.8, 4) is 0 Å². The molecule has 0 N–H and O–H groups in total. The highest BCUT2D eigenvalue weighted by Crippen LogP contribution is 2.59. The van der Waals surface area contributed by atoms with E-state index in [-0.39, 0.29) is 9.86 Å². The van der Waals surface area contributed by atoms with Gasteiger partial charge in [0.05, 0.1) is 17.6 Å². The number of hydrogen-bond donors (Lipinski definition) is 0. The fourth-order valence-corrected chi connectivity index (χ4v) is 10.6. The van der Waals surface area contributed by atoms with E-state index < -0.39 is 7.42 Å². The van der Waals surface area contributed by atoms with Crippen LogP contribution >= 0.6 is 53.2 Å². The quantitative estimate of drug-likeness (QED) is 0.101. The van der Waals surface area contributed by atoms with Crippen molar-refractivity contribution in [2.75, 3.05) is 23.4 Å². The molecule has 0 amide bonds. The maximum Gasteiger partial charge on any atom is 0.199 e. The lowest BCUT2D eigenvalue weighted by molar-refractivity contribution is -0.108. The molecule has 0 aliphatic rings. The van der Waals surface area contributed by atoms with Crippen LogP contribution in [0.5, 0.6) is 0 Å². The van der Waals surface area contributed by atoms with Gasteiger partial charge in [0.2, 0.25) is 0 Å². The number of hydrogen-bond acceptors (Lipinski definition) is 6. The van der Waals surface area contributed by atoms with Gasteiger partial charge in [-0.15, -0.1) is 0 Å². The van der Waals surface area contributed by atoms with Gasteiger partial charge in [-0.1, -0.05) is 45.7 Å². The zero-order valence-corrected chi connectivity index (χ0v) is 24.2. The Kier molecular flexibility index (Phi) is 15.2. The van der Waals surface area contributed by atoms with Crippen LogP contribution in [0, 0.1) is 0 Å². The Balaban J connectivity index is 4.92. The van der Waals surface area contributed by atoms with Gasteiger partial charge in [-0.05, 0) is 69.2 Å². The topological polar surface area (TPSA) is 32.8 Å². The van der Waals surface area contributed by atoms with E-state index in [0.717, 1.165) is 12.4 Å². The monoisotopic (exact) mass is 564 g/mol. The Hall–Kier alpha value is 1.41. The summed E-state index contributed by atoms with van der Waals surface area (Å²) in [6, 6.07) is 2.03. The van der Waals surface area contributed by atoms with Gasteiger partial charge in [-0.25, -0.2) is 0 Å². The summed E-state index contributed by atoms with van der Waals surface area (Å²) in [5.74, 6) is 0.971. The fraction of sp³-hybridized carbons (Fsp3) is 0.950. The molecule has 0 radical (unpaired) electrons. The van der Waals surface area contributed by atoms with E-state index >= 15 is 0 Å². The molecular weight excluding hydrogens is 522 g/mol. The summed E-state index contributed by atoms with van der Waals surface area (Å²) in [5.41, 5.74) is 0. The van der Waals surface area contributed by atoms with E-state index in [9.17, 15) is 4.79 Å². The summed E-state index contributed by atoms with van der Waals surface area (Å²) in [4.78, 5) is 11.7. The zero-order valence-electron chi connectivity index (χ0n) is 19.5. The Morgan fingerprint density at radius 3 is 1.75 bits per heavy atom. The number of alkyl halides is 1. The minimum absolute atomic E-state index is 0.165. The maximum absolute atomic E-state index is 11.7. The summed E-state index contributed by atoms with van der Waals surface area (Å²) < 4.78 is 11.7. The maximum atomic E-state index is 11.7. The second kappa shape index (κ2) is 14.5. The van der Waals surface area contributed by atoms with Gasteiger partial charge in [0.15, 0.2) is 5.12 Å². The van der Waals surface area contributed by atoms with Crippen LogP contribution in [0.1, 0.15) is 69.2 Å². The minimum atomic E-state index is -0.464. The molecule has 8 heteroatoms. The first kappa shape index (κ1) is 29.4. The first-order valence-electron chi connectivity index (χ1n) is 10.2. The van der Waals surface area contributed by atoms with Crippen molar-refractivity contribution in [3.05, 3.63) is 0 Å². The number of thioether (sulfide) groups is 1. The van der Waals surface area contributed by atoms with Gasteiger partial charge in [0.25, 0.3) is 0 Å². The number of nitrogens with zero attached hydrogens (tertiary/aromatic N) is 2. The molecule has 4 nitrogen and oxygen atoms in total. The molecule has 0 aromatic rings. The molecule has 0 aromatic heterocycles. The second-order valence-electron chi connectivity index (χ2n) is 8.64. The number of carbonyl (C=O) groups excluding carboxylic acids is 1. The minimum Gasteiger partial charge on any atom is -0.379 e. The predicted octanol–water partition coefficient (Wildman–Crippen LogP) is 6.67. The van der Waals surface area contributed by atoms with Crippen LogP contribution in [-0.2, 0) is 9.53 Å². The van der Waals surface area contributed by atoms with Gasteiger partial charge in [0.1, 0.15) is 7.42 Å². The van der Waals surface area contributed by atoms with Crippen LogP contribution in [0.2, 0.25) is 0 Å². The van der Waals surface area contributed by atoms with Gasteiger partial charge in [0, 0.05) is 34.7 Å². The van der Waals surface area contributed by atoms with Crippen LogP contribution in [0.4, 0.5) is 0 Å². The molecule has 0 bridgehead atoms. The van der Waals surface area contributed by atoms with Crippen molar-refractivity contribution < 1.29 is 9.53 Å². The predicted molar refractivity (Wildman–Crippen MR) is 140 cm³/mol. The lowest BCUT2D eigenvalue weighted by Crippen LogP contribution is -2.41. The average molecular weight is 565 g/mol. The van der Waals surface area contributed by atoms with Gasteiger partial charge >= 0.3 is 0 Å². The lowest BCUT2D eigenvalue weighted by atomic mass is 10.2. The van der Waals surface area contributed by atoms with E-state index in [2.05, 4.69) is 101 Å². The Labute approximate surface area is 197 Å². The highest BCUT2D eigenvalue weighted by atomic mass is 127. The molecule has 0 heterocycles. The molecule has 0 aromatic carbocycles. The van der Waals surface area contributed by atoms with Crippen molar-refractivity contribution >= 4 is 58.3 Å². The fourth-order valence-electron chi connectivity index (χ4n) is 3.10. The third kappa shape index (κ3) is 11.1. The van der Waals surface area contributed by atoms with E-state index in [1.54, 1.807) is 0 Å². The van der Waals surface area contributed by atoms with Crippen LogP contribution in [0.25, 0.3) is 0 Å². The third-order valence-corrected chi connectivity index (χ3v) is 11.7. The molecular formula is C20H42IN2O2PS2. The molecule has 0 fully saturated rings. The smallest absolute Gasteiger partial charge is 0.199 e. The number of ether oxygens (including phenoxy) is 1. The molecule has 0 saturated heterocycles.